The first-order chi connectivity index (χ1) is 17.0. The lowest BCUT2D eigenvalue weighted by Gasteiger charge is -2.26. The Morgan fingerprint density at radius 3 is 2.71 bits per heavy atom. The van der Waals surface area contributed by atoms with Crippen LogP contribution in [0, 0.1) is 0 Å². The van der Waals surface area contributed by atoms with Gasteiger partial charge in [0.05, 0.1) is 30.0 Å². The van der Waals surface area contributed by atoms with Crippen LogP contribution >= 0.6 is 11.6 Å². The van der Waals surface area contributed by atoms with Gasteiger partial charge in [0, 0.05) is 35.8 Å². The molecule has 2 N–H and O–H groups in total. The van der Waals surface area contributed by atoms with Gasteiger partial charge in [-0.3, -0.25) is 9.69 Å². The highest BCUT2D eigenvalue weighted by Gasteiger charge is 2.20. The topological polar surface area (TPSA) is 83.1 Å². The summed E-state index contributed by atoms with van der Waals surface area (Å²) in [5, 5.41) is 3.04. The standard InChI is InChI=1S/C25H22ClF2N5O2/c26-15-7-8-17(19(13-15)23(27)28)24-30-20-5-2-4-18(22(20)32-24)25(34)31-21-6-1-3-16(29-21)14-33-9-11-35-12-10-33/h1-8,13,23H,9-12,14H2,(H,30,32)(H,29,31,34). The summed E-state index contributed by atoms with van der Waals surface area (Å²) < 4.78 is 32.6. The molecule has 1 fully saturated rings. The summed E-state index contributed by atoms with van der Waals surface area (Å²) in [6.07, 6.45) is -2.73. The number of nitrogens with zero attached hydrogens (tertiary/aromatic N) is 3. The van der Waals surface area contributed by atoms with Crippen molar-refractivity contribution in [1.82, 2.24) is 19.9 Å². The van der Waals surface area contributed by atoms with E-state index in [9.17, 15) is 13.6 Å². The molecule has 0 atom stereocenters. The van der Waals surface area contributed by atoms with Gasteiger partial charge in [-0.2, -0.15) is 0 Å². The number of imidazole rings is 1. The Hall–Kier alpha value is -3.40. The first-order valence-corrected chi connectivity index (χ1v) is 11.5. The minimum Gasteiger partial charge on any atom is -0.379 e. The van der Waals surface area contributed by atoms with Crippen LogP contribution < -0.4 is 5.32 Å². The van der Waals surface area contributed by atoms with E-state index in [1.807, 2.05) is 12.1 Å². The quantitative estimate of drug-likeness (QED) is 0.377. The van der Waals surface area contributed by atoms with E-state index < -0.39 is 12.3 Å². The van der Waals surface area contributed by atoms with Crippen molar-refractivity contribution in [3.63, 3.8) is 0 Å². The Bertz CT molecular complexity index is 1370. The molecule has 5 rings (SSSR count). The summed E-state index contributed by atoms with van der Waals surface area (Å²) in [5.74, 6) is 0.263. The molecule has 180 valence electrons. The maximum Gasteiger partial charge on any atom is 0.264 e. The van der Waals surface area contributed by atoms with E-state index in [0.717, 1.165) is 18.8 Å². The van der Waals surface area contributed by atoms with Crippen LogP contribution in [-0.4, -0.2) is 52.1 Å². The molecule has 0 aliphatic carbocycles. The number of benzene rings is 2. The van der Waals surface area contributed by atoms with Crippen LogP contribution in [0.25, 0.3) is 22.4 Å². The highest BCUT2D eigenvalue weighted by molar-refractivity contribution is 6.30. The lowest BCUT2D eigenvalue weighted by molar-refractivity contribution is 0.0337. The maximum absolute atomic E-state index is 13.6. The first kappa shape index (κ1) is 23.3. The molecule has 4 aromatic rings. The molecule has 0 unspecified atom stereocenters. The number of nitrogens with one attached hydrogen (secondary N) is 2. The second kappa shape index (κ2) is 10.1. The van der Waals surface area contributed by atoms with Crippen molar-refractivity contribution < 1.29 is 18.3 Å². The molecule has 2 aromatic carbocycles. The molecular weight excluding hydrogens is 476 g/mol. The van der Waals surface area contributed by atoms with Crippen molar-refractivity contribution in [3.05, 3.63) is 76.4 Å². The number of amides is 1. The zero-order valence-electron chi connectivity index (χ0n) is 18.6. The van der Waals surface area contributed by atoms with Crippen LogP contribution in [0.4, 0.5) is 14.6 Å². The molecular formula is C25H22ClF2N5O2. The van der Waals surface area contributed by atoms with Crippen molar-refractivity contribution in [1.29, 1.82) is 0 Å². The van der Waals surface area contributed by atoms with Crippen LogP contribution in [-0.2, 0) is 11.3 Å². The lowest BCUT2D eigenvalue weighted by atomic mass is 10.1. The summed E-state index contributed by atoms with van der Waals surface area (Å²) in [7, 11) is 0. The second-order valence-corrected chi connectivity index (χ2v) is 8.61. The van der Waals surface area contributed by atoms with Gasteiger partial charge in [-0.15, -0.1) is 0 Å². The van der Waals surface area contributed by atoms with E-state index in [2.05, 4.69) is 25.2 Å². The van der Waals surface area contributed by atoms with Crippen LogP contribution in [0.2, 0.25) is 5.02 Å². The number of aromatic nitrogens is 3. The van der Waals surface area contributed by atoms with Crippen molar-refractivity contribution in [2.24, 2.45) is 0 Å². The third-order valence-corrected chi connectivity index (χ3v) is 6.03. The van der Waals surface area contributed by atoms with E-state index in [4.69, 9.17) is 16.3 Å². The third kappa shape index (κ3) is 5.17. The number of ether oxygens (including phenoxy) is 1. The smallest absolute Gasteiger partial charge is 0.264 e. The second-order valence-electron chi connectivity index (χ2n) is 8.18. The number of hydrogen-bond donors (Lipinski definition) is 2. The molecule has 7 nitrogen and oxygen atoms in total. The summed E-state index contributed by atoms with van der Waals surface area (Å²) >= 11 is 5.91. The highest BCUT2D eigenvalue weighted by atomic mass is 35.5. The first-order valence-electron chi connectivity index (χ1n) is 11.1. The molecule has 1 aliphatic heterocycles. The van der Waals surface area contributed by atoms with E-state index >= 15 is 0 Å². The number of anilines is 1. The van der Waals surface area contributed by atoms with Crippen LogP contribution in [0.3, 0.4) is 0 Å². The summed E-state index contributed by atoms with van der Waals surface area (Å²) in [5.41, 5.74) is 2.06. The SMILES string of the molecule is O=C(Nc1cccc(CN2CCOCC2)n1)c1cccc2[nH]c(-c3ccc(Cl)cc3C(F)F)nc12. The third-order valence-electron chi connectivity index (χ3n) is 5.80. The number of morpholine rings is 1. The molecule has 0 bridgehead atoms. The van der Waals surface area contributed by atoms with Gasteiger partial charge in [0.1, 0.15) is 17.2 Å². The van der Waals surface area contributed by atoms with Gasteiger partial charge in [0.25, 0.3) is 12.3 Å². The monoisotopic (exact) mass is 497 g/mol. The number of alkyl halides is 2. The number of pyridine rings is 1. The Morgan fingerprint density at radius 1 is 1.11 bits per heavy atom. The fourth-order valence-electron chi connectivity index (χ4n) is 4.08. The maximum atomic E-state index is 13.6. The number of H-pyrrole nitrogens is 1. The molecule has 0 saturated carbocycles. The summed E-state index contributed by atoms with van der Waals surface area (Å²) in [6, 6.07) is 14.8. The summed E-state index contributed by atoms with van der Waals surface area (Å²) in [4.78, 5) is 27.5. The molecule has 1 amide bonds. The molecule has 0 spiro atoms. The number of carbonyl (C=O) groups is 1. The zero-order chi connectivity index (χ0) is 24.4. The van der Waals surface area contributed by atoms with Crippen LogP contribution in [0.1, 0.15) is 28.0 Å². The van der Waals surface area contributed by atoms with E-state index in [-0.39, 0.29) is 22.0 Å². The molecule has 35 heavy (non-hydrogen) atoms. The predicted octanol–water partition coefficient (Wildman–Crippen LogP) is 5.30. The molecule has 2 aromatic heterocycles. The predicted molar refractivity (Wildman–Crippen MR) is 130 cm³/mol. The zero-order valence-corrected chi connectivity index (χ0v) is 19.4. The van der Waals surface area contributed by atoms with Crippen LogP contribution in [0.15, 0.2) is 54.6 Å². The van der Waals surface area contributed by atoms with Crippen molar-refractivity contribution in [3.8, 4) is 11.4 Å². The average Bonchev–Trinajstić information content (AvgIpc) is 3.29. The van der Waals surface area contributed by atoms with Crippen molar-refractivity contribution in [2.75, 3.05) is 31.6 Å². The Balaban J connectivity index is 1.40. The number of para-hydroxylation sites is 1. The number of halogens is 3. The summed E-state index contributed by atoms with van der Waals surface area (Å²) in [6.45, 7) is 3.73. The lowest BCUT2D eigenvalue weighted by Crippen LogP contribution is -2.35. The van der Waals surface area contributed by atoms with E-state index in [0.29, 0.717) is 42.2 Å². The van der Waals surface area contributed by atoms with E-state index in [1.54, 1.807) is 24.3 Å². The van der Waals surface area contributed by atoms with Crippen LogP contribution in [0.5, 0.6) is 0 Å². The minimum atomic E-state index is -2.73. The number of fused-ring (bicyclic) bond motifs is 1. The Labute approximate surface area is 205 Å². The van der Waals surface area contributed by atoms with Gasteiger partial charge < -0.3 is 15.0 Å². The van der Waals surface area contributed by atoms with Crippen molar-refractivity contribution >= 4 is 34.4 Å². The Kier molecular flexibility index (Phi) is 6.72. The highest BCUT2D eigenvalue weighted by Crippen LogP contribution is 2.33. The van der Waals surface area contributed by atoms with Gasteiger partial charge in [-0.1, -0.05) is 23.7 Å². The fourth-order valence-corrected chi connectivity index (χ4v) is 4.26. The number of carbonyl (C=O) groups excluding carboxylic acids is 1. The molecule has 10 heteroatoms. The van der Waals surface area contributed by atoms with Crippen molar-refractivity contribution in [2.45, 2.75) is 13.0 Å². The number of rotatable bonds is 6. The normalized spacial score (nSPS) is 14.5. The minimum absolute atomic E-state index is 0.212. The molecule has 1 aliphatic rings. The number of hydrogen-bond acceptors (Lipinski definition) is 5. The largest absolute Gasteiger partial charge is 0.379 e. The van der Waals surface area contributed by atoms with Gasteiger partial charge in [0.15, 0.2) is 0 Å². The van der Waals surface area contributed by atoms with Gasteiger partial charge >= 0.3 is 0 Å². The van der Waals surface area contributed by atoms with Gasteiger partial charge in [-0.25, -0.2) is 18.7 Å². The number of aromatic amines is 1. The van der Waals surface area contributed by atoms with Gasteiger partial charge in [0.2, 0.25) is 0 Å². The molecule has 0 radical (unpaired) electrons. The van der Waals surface area contributed by atoms with E-state index in [1.165, 1.54) is 18.2 Å². The Morgan fingerprint density at radius 2 is 1.91 bits per heavy atom. The molecule has 1 saturated heterocycles. The molecule has 3 heterocycles. The average molecular weight is 498 g/mol. The van der Waals surface area contributed by atoms with Gasteiger partial charge in [-0.05, 0) is 42.5 Å². The fraction of sp³-hybridized carbons (Fsp3) is 0.240.